The summed E-state index contributed by atoms with van der Waals surface area (Å²) in [7, 11) is 0. The summed E-state index contributed by atoms with van der Waals surface area (Å²) >= 11 is 0. The summed E-state index contributed by atoms with van der Waals surface area (Å²) in [5.41, 5.74) is 3.06. The Morgan fingerprint density at radius 3 is 2.59 bits per heavy atom. The third-order valence-electron chi connectivity index (χ3n) is 5.23. The van der Waals surface area contributed by atoms with Crippen LogP contribution in [0.3, 0.4) is 0 Å². The number of nitrogens with zero attached hydrogens (tertiary/aromatic N) is 1. The first-order valence-corrected chi connectivity index (χ1v) is 8.64. The number of hydrogen-bond acceptors (Lipinski definition) is 2. The number of aryl methyl sites for hydroxylation is 1. The Morgan fingerprint density at radius 2 is 1.91 bits per heavy atom. The molecule has 2 heteroatoms. The topological polar surface area (TPSA) is 30.0 Å². The SMILES string of the molecule is CCc1cnc2ccc(C(=O)C3CCC(CC)CC3)cc2c1. The van der Waals surface area contributed by atoms with Crippen LogP contribution in [0.5, 0.6) is 0 Å². The highest BCUT2D eigenvalue weighted by Crippen LogP contribution is 2.33. The normalized spacial score (nSPS) is 21.9. The maximum absolute atomic E-state index is 12.8. The highest BCUT2D eigenvalue weighted by atomic mass is 16.1. The molecule has 1 aromatic heterocycles. The number of Topliss-reactive ketones (excluding diaryl/α,β-unsaturated/α-hetero) is 1. The van der Waals surface area contributed by atoms with Gasteiger partial charge in [-0.2, -0.15) is 0 Å². The van der Waals surface area contributed by atoms with Gasteiger partial charge in [0, 0.05) is 23.1 Å². The van der Waals surface area contributed by atoms with E-state index < -0.39 is 0 Å². The summed E-state index contributed by atoms with van der Waals surface area (Å²) in [5.74, 6) is 1.39. The molecule has 0 amide bonds. The molecule has 1 aliphatic rings. The molecule has 3 rings (SSSR count). The highest BCUT2D eigenvalue weighted by molar-refractivity contribution is 6.00. The van der Waals surface area contributed by atoms with Crippen molar-refractivity contribution >= 4 is 16.7 Å². The summed E-state index contributed by atoms with van der Waals surface area (Å²) < 4.78 is 0. The molecule has 0 aliphatic heterocycles. The van der Waals surface area contributed by atoms with Crippen LogP contribution < -0.4 is 0 Å². The lowest BCUT2D eigenvalue weighted by molar-refractivity contribution is 0.0871. The van der Waals surface area contributed by atoms with Gasteiger partial charge in [-0.05, 0) is 67.9 Å². The van der Waals surface area contributed by atoms with Gasteiger partial charge in [-0.25, -0.2) is 0 Å². The maximum Gasteiger partial charge on any atom is 0.165 e. The number of carbonyl (C=O) groups is 1. The number of rotatable bonds is 4. The molecule has 0 spiro atoms. The zero-order valence-electron chi connectivity index (χ0n) is 13.6. The molecule has 22 heavy (non-hydrogen) atoms. The number of hydrogen-bond donors (Lipinski definition) is 0. The first kappa shape index (κ1) is 15.2. The van der Waals surface area contributed by atoms with Crippen LogP contribution in [-0.4, -0.2) is 10.8 Å². The quantitative estimate of drug-likeness (QED) is 0.726. The Hall–Kier alpha value is -1.70. The standard InChI is InChI=1S/C20H25NO/c1-3-14-5-7-16(8-6-14)20(22)17-9-10-19-18(12-17)11-15(4-2)13-21-19/h9-14,16H,3-8H2,1-2H3. The second kappa shape index (κ2) is 6.60. The highest BCUT2D eigenvalue weighted by Gasteiger charge is 2.26. The van der Waals surface area contributed by atoms with Crippen molar-refractivity contribution in [1.29, 1.82) is 0 Å². The molecule has 1 heterocycles. The number of pyridine rings is 1. The number of fused-ring (bicyclic) bond motifs is 1. The Balaban J connectivity index is 1.82. The van der Waals surface area contributed by atoms with Crippen molar-refractivity contribution in [2.75, 3.05) is 0 Å². The molecule has 1 aliphatic carbocycles. The van der Waals surface area contributed by atoms with Crippen molar-refractivity contribution < 1.29 is 4.79 Å². The summed E-state index contributed by atoms with van der Waals surface area (Å²) in [6.07, 6.45) is 8.69. The van der Waals surface area contributed by atoms with E-state index in [-0.39, 0.29) is 5.92 Å². The molecule has 1 fully saturated rings. The summed E-state index contributed by atoms with van der Waals surface area (Å²) in [5, 5.41) is 1.09. The third-order valence-corrected chi connectivity index (χ3v) is 5.23. The molecule has 116 valence electrons. The minimum Gasteiger partial charge on any atom is -0.294 e. The minimum absolute atomic E-state index is 0.225. The van der Waals surface area contributed by atoms with Gasteiger partial charge in [0.15, 0.2) is 5.78 Å². The Bertz CT molecular complexity index is 668. The van der Waals surface area contributed by atoms with Crippen LogP contribution in [0.1, 0.15) is 61.9 Å². The van der Waals surface area contributed by atoms with Gasteiger partial charge in [0.2, 0.25) is 0 Å². The molecule has 0 saturated heterocycles. The average molecular weight is 295 g/mol. The predicted molar refractivity (Wildman–Crippen MR) is 91.2 cm³/mol. The van der Waals surface area contributed by atoms with Crippen molar-refractivity contribution in [3.63, 3.8) is 0 Å². The first-order chi connectivity index (χ1) is 10.7. The van der Waals surface area contributed by atoms with Gasteiger partial charge < -0.3 is 0 Å². The van der Waals surface area contributed by atoms with Crippen LogP contribution in [0.25, 0.3) is 10.9 Å². The van der Waals surface area contributed by atoms with E-state index in [1.165, 1.54) is 24.8 Å². The van der Waals surface area contributed by atoms with Gasteiger partial charge in [-0.15, -0.1) is 0 Å². The predicted octanol–water partition coefficient (Wildman–Crippen LogP) is 5.20. The molecule has 0 radical (unpaired) electrons. The van der Waals surface area contributed by atoms with Gasteiger partial charge in [0.25, 0.3) is 0 Å². The summed E-state index contributed by atoms with van der Waals surface area (Å²) in [6, 6.07) is 8.14. The Labute approximate surface area is 133 Å². The first-order valence-electron chi connectivity index (χ1n) is 8.64. The largest absolute Gasteiger partial charge is 0.294 e. The van der Waals surface area contributed by atoms with E-state index in [1.807, 2.05) is 24.4 Å². The van der Waals surface area contributed by atoms with Crippen molar-refractivity contribution in [3.05, 3.63) is 41.6 Å². The van der Waals surface area contributed by atoms with Crippen LogP contribution in [0.4, 0.5) is 0 Å². The fraction of sp³-hybridized carbons (Fsp3) is 0.500. The fourth-order valence-corrected chi connectivity index (χ4v) is 3.59. The number of carbonyl (C=O) groups excluding carboxylic acids is 1. The minimum atomic E-state index is 0.225. The van der Waals surface area contributed by atoms with E-state index in [1.54, 1.807) is 0 Å². The molecule has 0 N–H and O–H groups in total. The van der Waals surface area contributed by atoms with Crippen molar-refractivity contribution in [2.45, 2.75) is 52.4 Å². The van der Waals surface area contributed by atoms with E-state index in [2.05, 4.69) is 24.9 Å². The second-order valence-corrected chi connectivity index (χ2v) is 6.59. The molecular formula is C20H25NO. The zero-order valence-corrected chi connectivity index (χ0v) is 13.6. The Morgan fingerprint density at radius 1 is 1.14 bits per heavy atom. The van der Waals surface area contributed by atoms with Gasteiger partial charge in [-0.3, -0.25) is 9.78 Å². The van der Waals surface area contributed by atoms with E-state index in [0.717, 1.165) is 41.6 Å². The van der Waals surface area contributed by atoms with Crippen LogP contribution in [0, 0.1) is 11.8 Å². The maximum atomic E-state index is 12.8. The molecule has 0 atom stereocenters. The number of benzene rings is 1. The molecule has 2 nitrogen and oxygen atoms in total. The van der Waals surface area contributed by atoms with E-state index in [0.29, 0.717) is 5.78 Å². The number of ketones is 1. The smallest absolute Gasteiger partial charge is 0.165 e. The molecule has 1 aromatic carbocycles. The van der Waals surface area contributed by atoms with Crippen molar-refractivity contribution in [1.82, 2.24) is 4.98 Å². The fourth-order valence-electron chi connectivity index (χ4n) is 3.59. The van der Waals surface area contributed by atoms with Gasteiger partial charge in [0.05, 0.1) is 5.52 Å². The second-order valence-electron chi connectivity index (χ2n) is 6.59. The van der Waals surface area contributed by atoms with Gasteiger partial charge >= 0.3 is 0 Å². The zero-order chi connectivity index (χ0) is 15.5. The van der Waals surface area contributed by atoms with Crippen molar-refractivity contribution in [3.8, 4) is 0 Å². The molecule has 1 saturated carbocycles. The van der Waals surface area contributed by atoms with Gasteiger partial charge in [-0.1, -0.05) is 20.3 Å². The van der Waals surface area contributed by atoms with E-state index in [4.69, 9.17) is 0 Å². The van der Waals surface area contributed by atoms with E-state index in [9.17, 15) is 4.79 Å². The number of aromatic nitrogens is 1. The lowest BCUT2D eigenvalue weighted by Gasteiger charge is -2.26. The van der Waals surface area contributed by atoms with Crippen LogP contribution in [0.15, 0.2) is 30.5 Å². The summed E-state index contributed by atoms with van der Waals surface area (Å²) in [6.45, 7) is 4.39. The molecule has 0 bridgehead atoms. The van der Waals surface area contributed by atoms with E-state index >= 15 is 0 Å². The van der Waals surface area contributed by atoms with Crippen molar-refractivity contribution in [2.24, 2.45) is 11.8 Å². The molecule has 0 unspecified atom stereocenters. The molecular weight excluding hydrogens is 270 g/mol. The van der Waals surface area contributed by atoms with Crippen LogP contribution in [-0.2, 0) is 6.42 Å². The van der Waals surface area contributed by atoms with Gasteiger partial charge in [0.1, 0.15) is 0 Å². The Kier molecular flexibility index (Phi) is 4.56. The van der Waals surface area contributed by atoms with Crippen LogP contribution >= 0.6 is 0 Å². The summed E-state index contributed by atoms with van der Waals surface area (Å²) in [4.78, 5) is 17.2. The van der Waals surface area contributed by atoms with Crippen LogP contribution in [0.2, 0.25) is 0 Å². The third kappa shape index (κ3) is 3.06. The lowest BCUT2D eigenvalue weighted by atomic mass is 9.77. The molecule has 2 aromatic rings. The lowest BCUT2D eigenvalue weighted by Crippen LogP contribution is -2.21. The monoisotopic (exact) mass is 295 g/mol. The average Bonchev–Trinajstić information content (AvgIpc) is 2.60.